The van der Waals surface area contributed by atoms with Crippen LogP contribution in [-0.2, 0) is 10.2 Å². The molecule has 148 valence electrons. The number of fused-ring (bicyclic) bond motifs is 3. The second-order valence-corrected chi connectivity index (χ2v) is 7.97. The standard InChI is InChI=1S/C21H21N5O3/c1-21(2)13-7-15-16(8-17(13)26(20(21)29)9-11(28)10-27)23-19(22-15)18-12-5-3-4-6-14(12)24-25-18/h3-8,11,27-28H,9-10H2,1-2H3,(H,22,23)(H,24,25). The Morgan fingerprint density at radius 3 is 2.79 bits per heavy atom. The second kappa shape index (κ2) is 6.13. The number of nitrogens with one attached hydrogen (secondary N) is 2. The molecule has 1 aliphatic heterocycles. The summed E-state index contributed by atoms with van der Waals surface area (Å²) in [5.41, 5.74) is 4.03. The van der Waals surface area contributed by atoms with Crippen LogP contribution < -0.4 is 4.90 Å². The number of benzene rings is 2. The molecule has 0 saturated carbocycles. The number of carbonyl (C=O) groups excluding carboxylic acids is 1. The Kier molecular flexibility index (Phi) is 3.77. The molecule has 4 aromatic rings. The lowest BCUT2D eigenvalue weighted by molar-refractivity contribution is -0.122. The van der Waals surface area contributed by atoms with Gasteiger partial charge in [0.05, 0.1) is 46.9 Å². The first-order valence-corrected chi connectivity index (χ1v) is 9.48. The van der Waals surface area contributed by atoms with Crippen molar-refractivity contribution in [2.75, 3.05) is 18.1 Å². The van der Waals surface area contributed by atoms with E-state index < -0.39 is 18.1 Å². The van der Waals surface area contributed by atoms with E-state index >= 15 is 0 Å². The van der Waals surface area contributed by atoms with Gasteiger partial charge in [-0.2, -0.15) is 5.10 Å². The number of hydrogen-bond donors (Lipinski definition) is 4. The molecule has 0 fully saturated rings. The maximum absolute atomic E-state index is 12.9. The van der Waals surface area contributed by atoms with Gasteiger partial charge in [-0.1, -0.05) is 18.2 Å². The third kappa shape index (κ3) is 2.56. The predicted octanol–water partition coefficient (Wildman–Crippen LogP) is 2.08. The number of imidazole rings is 1. The Morgan fingerprint density at radius 1 is 1.21 bits per heavy atom. The molecule has 1 amide bonds. The van der Waals surface area contributed by atoms with Gasteiger partial charge in [-0.05, 0) is 37.6 Å². The van der Waals surface area contributed by atoms with Crippen LogP contribution in [0.3, 0.4) is 0 Å². The number of aliphatic hydroxyl groups is 2. The van der Waals surface area contributed by atoms with Gasteiger partial charge in [0.25, 0.3) is 0 Å². The molecule has 1 atom stereocenters. The monoisotopic (exact) mass is 391 g/mol. The van der Waals surface area contributed by atoms with Crippen LogP contribution in [0.1, 0.15) is 19.4 Å². The van der Waals surface area contributed by atoms with Crippen LogP contribution in [0, 0.1) is 0 Å². The summed E-state index contributed by atoms with van der Waals surface area (Å²) in [4.78, 5) is 22.5. The molecule has 2 aromatic carbocycles. The quantitative estimate of drug-likeness (QED) is 0.425. The number of aromatic amines is 2. The van der Waals surface area contributed by atoms with E-state index in [0.29, 0.717) is 17.0 Å². The van der Waals surface area contributed by atoms with Crippen LogP contribution in [0.4, 0.5) is 5.69 Å². The minimum atomic E-state index is -0.999. The fourth-order valence-corrected chi connectivity index (χ4v) is 4.04. The van der Waals surface area contributed by atoms with Crippen molar-refractivity contribution in [3.05, 3.63) is 42.0 Å². The molecular formula is C21H21N5O3. The molecule has 3 heterocycles. The maximum atomic E-state index is 12.9. The number of rotatable bonds is 4. The second-order valence-electron chi connectivity index (χ2n) is 7.97. The van der Waals surface area contributed by atoms with Crippen molar-refractivity contribution in [2.45, 2.75) is 25.4 Å². The van der Waals surface area contributed by atoms with Gasteiger partial charge in [0.1, 0.15) is 5.69 Å². The zero-order chi connectivity index (χ0) is 20.3. The van der Waals surface area contributed by atoms with Crippen molar-refractivity contribution in [3.8, 4) is 11.5 Å². The summed E-state index contributed by atoms with van der Waals surface area (Å²) in [7, 11) is 0. The van der Waals surface area contributed by atoms with E-state index in [1.807, 2.05) is 50.2 Å². The molecule has 2 aromatic heterocycles. The van der Waals surface area contributed by atoms with Gasteiger partial charge in [0.2, 0.25) is 5.91 Å². The smallest absolute Gasteiger partial charge is 0.237 e. The third-order valence-corrected chi connectivity index (χ3v) is 5.64. The molecule has 5 rings (SSSR count). The lowest BCUT2D eigenvalue weighted by Crippen LogP contribution is -2.41. The number of hydrogen-bond acceptors (Lipinski definition) is 5. The lowest BCUT2D eigenvalue weighted by atomic mass is 9.86. The van der Waals surface area contributed by atoms with Crippen molar-refractivity contribution < 1.29 is 15.0 Å². The summed E-state index contributed by atoms with van der Waals surface area (Å²) in [5.74, 6) is 0.540. The van der Waals surface area contributed by atoms with Gasteiger partial charge >= 0.3 is 0 Å². The summed E-state index contributed by atoms with van der Waals surface area (Å²) in [6.07, 6.45) is -0.999. The number of aliphatic hydroxyl groups excluding tert-OH is 2. The van der Waals surface area contributed by atoms with Crippen LogP contribution in [0.2, 0.25) is 0 Å². The maximum Gasteiger partial charge on any atom is 0.237 e. The third-order valence-electron chi connectivity index (χ3n) is 5.64. The Morgan fingerprint density at radius 2 is 2.00 bits per heavy atom. The number of amides is 1. The Bertz CT molecular complexity index is 1260. The molecule has 1 unspecified atom stereocenters. The molecule has 4 N–H and O–H groups in total. The minimum absolute atomic E-state index is 0.0402. The summed E-state index contributed by atoms with van der Waals surface area (Å²) < 4.78 is 0. The number of β-amino-alcohol motifs (C(OH)–C–C–N with tert-alkyl or cyclic N) is 1. The Hall–Kier alpha value is -3.23. The first-order valence-electron chi connectivity index (χ1n) is 9.48. The first-order chi connectivity index (χ1) is 13.9. The van der Waals surface area contributed by atoms with E-state index in [4.69, 9.17) is 4.98 Å². The zero-order valence-electron chi connectivity index (χ0n) is 16.1. The van der Waals surface area contributed by atoms with Gasteiger partial charge < -0.3 is 20.1 Å². The van der Waals surface area contributed by atoms with Gasteiger partial charge in [-0.25, -0.2) is 4.98 Å². The highest BCUT2D eigenvalue weighted by Crippen LogP contribution is 2.43. The van der Waals surface area contributed by atoms with Crippen molar-refractivity contribution in [1.29, 1.82) is 0 Å². The van der Waals surface area contributed by atoms with E-state index in [1.54, 1.807) is 0 Å². The molecule has 8 nitrogen and oxygen atoms in total. The number of para-hydroxylation sites is 1. The highest BCUT2D eigenvalue weighted by molar-refractivity contribution is 6.09. The molecule has 0 radical (unpaired) electrons. The molecule has 1 aliphatic rings. The summed E-state index contributed by atoms with van der Waals surface area (Å²) in [6, 6.07) is 11.6. The molecule has 8 heteroatoms. The molecule has 0 saturated heterocycles. The van der Waals surface area contributed by atoms with Crippen molar-refractivity contribution >= 4 is 33.5 Å². The van der Waals surface area contributed by atoms with Crippen molar-refractivity contribution in [3.63, 3.8) is 0 Å². The summed E-state index contributed by atoms with van der Waals surface area (Å²) in [6.45, 7) is 3.37. The van der Waals surface area contributed by atoms with E-state index in [-0.39, 0.29) is 12.5 Å². The zero-order valence-corrected chi connectivity index (χ0v) is 16.1. The lowest BCUT2D eigenvalue weighted by Gasteiger charge is -2.22. The molecule has 29 heavy (non-hydrogen) atoms. The topological polar surface area (TPSA) is 118 Å². The number of nitrogens with zero attached hydrogens (tertiary/aromatic N) is 3. The van der Waals surface area contributed by atoms with Gasteiger partial charge in [0.15, 0.2) is 5.82 Å². The SMILES string of the molecule is CC1(C)C(=O)N(CC(O)CO)c2cc3nc(-c4n[nH]c5ccccc45)[nH]c3cc21. The van der Waals surface area contributed by atoms with E-state index in [9.17, 15) is 15.0 Å². The van der Waals surface area contributed by atoms with Gasteiger partial charge in [-0.15, -0.1) is 0 Å². The van der Waals surface area contributed by atoms with Gasteiger partial charge in [-0.3, -0.25) is 9.89 Å². The predicted molar refractivity (Wildman–Crippen MR) is 110 cm³/mol. The van der Waals surface area contributed by atoms with Crippen molar-refractivity contribution in [2.24, 2.45) is 0 Å². The number of H-pyrrole nitrogens is 2. The molecule has 0 aliphatic carbocycles. The summed E-state index contributed by atoms with van der Waals surface area (Å²) in [5, 5.41) is 27.5. The van der Waals surface area contributed by atoms with Crippen LogP contribution in [0.25, 0.3) is 33.5 Å². The van der Waals surface area contributed by atoms with Crippen LogP contribution in [-0.4, -0.2) is 55.5 Å². The molecule has 0 bridgehead atoms. The van der Waals surface area contributed by atoms with Gasteiger partial charge in [0, 0.05) is 5.39 Å². The summed E-state index contributed by atoms with van der Waals surface area (Å²) >= 11 is 0. The fraction of sp³-hybridized carbons (Fsp3) is 0.286. The normalized spacial score (nSPS) is 16.7. The van der Waals surface area contributed by atoms with Crippen LogP contribution >= 0.6 is 0 Å². The molecule has 0 spiro atoms. The average molecular weight is 391 g/mol. The largest absolute Gasteiger partial charge is 0.394 e. The van der Waals surface area contributed by atoms with E-state index in [1.165, 1.54) is 4.90 Å². The average Bonchev–Trinajstić information content (AvgIpc) is 3.37. The van der Waals surface area contributed by atoms with Crippen molar-refractivity contribution in [1.82, 2.24) is 20.2 Å². The van der Waals surface area contributed by atoms with E-state index in [2.05, 4.69) is 15.2 Å². The van der Waals surface area contributed by atoms with Crippen LogP contribution in [0.5, 0.6) is 0 Å². The molecular weight excluding hydrogens is 370 g/mol. The number of anilines is 1. The highest BCUT2D eigenvalue weighted by atomic mass is 16.3. The fourth-order valence-electron chi connectivity index (χ4n) is 4.04. The number of carbonyl (C=O) groups is 1. The first kappa shape index (κ1) is 17.8. The van der Waals surface area contributed by atoms with Crippen LogP contribution in [0.15, 0.2) is 36.4 Å². The Labute approximate surface area is 166 Å². The number of aromatic nitrogens is 4. The Balaban J connectivity index is 1.65. The minimum Gasteiger partial charge on any atom is -0.394 e. The highest BCUT2D eigenvalue weighted by Gasteiger charge is 2.44. The van der Waals surface area contributed by atoms with E-state index in [0.717, 1.165) is 27.7 Å².